The molecule has 1 aromatic rings. The first kappa shape index (κ1) is 21.6. The lowest BCUT2D eigenvalue weighted by Gasteiger charge is -2.35. The summed E-state index contributed by atoms with van der Waals surface area (Å²) < 4.78 is 0. The number of carbonyl (C=O) groups is 3. The number of aliphatic carboxylic acids is 1. The molecule has 28 heavy (non-hydrogen) atoms. The van der Waals surface area contributed by atoms with Crippen LogP contribution in [0.25, 0.3) is 0 Å². The molecule has 0 spiro atoms. The lowest BCUT2D eigenvalue weighted by atomic mass is 10.0. The number of amides is 2. The molecule has 0 saturated carbocycles. The van der Waals surface area contributed by atoms with Crippen molar-refractivity contribution in [2.75, 3.05) is 58.7 Å². The lowest BCUT2D eigenvalue weighted by molar-refractivity contribution is -0.144. The molecule has 9 heteroatoms. The smallest absolute Gasteiger partial charge is 0.308 e. The van der Waals surface area contributed by atoms with Gasteiger partial charge in [0.25, 0.3) is 0 Å². The molecule has 1 saturated heterocycles. The highest BCUT2D eigenvalue weighted by Crippen LogP contribution is 2.16. The van der Waals surface area contributed by atoms with Gasteiger partial charge in [0, 0.05) is 58.9 Å². The standard InChI is InChI=1S/C19H28N4O5/c1-21(2)18(26)13-23-9-7-22(8-10-23)12-14(19(27)28)11-17(25)20-15-3-5-16(24)6-4-15/h3-6,14,24H,7-13H2,1-2H3,(H,20,25)(H,27,28)/t14-/m0/s1. The maximum absolute atomic E-state index is 12.2. The van der Waals surface area contributed by atoms with Crippen LogP contribution in [0.4, 0.5) is 5.69 Å². The van der Waals surface area contributed by atoms with Gasteiger partial charge < -0.3 is 20.4 Å². The van der Waals surface area contributed by atoms with Gasteiger partial charge in [-0.1, -0.05) is 0 Å². The number of likely N-dealkylation sites (N-methyl/N-ethyl adjacent to an activating group) is 1. The minimum Gasteiger partial charge on any atom is -0.508 e. The van der Waals surface area contributed by atoms with Gasteiger partial charge in [-0.15, -0.1) is 0 Å². The van der Waals surface area contributed by atoms with Crippen molar-refractivity contribution in [2.24, 2.45) is 5.92 Å². The van der Waals surface area contributed by atoms with Crippen molar-refractivity contribution in [2.45, 2.75) is 6.42 Å². The fourth-order valence-electron chi connectivity index (χ4n) is 2.98. The Balaban J connectivity index is 1.81. The zero-order chi connectivity index (χ0) is 20.7. The Kier molecular flexibility index (Phi) is 7.77. The van der Waals surface area contributed by atoms with Crippen LogP contribution in [0.3, 0.4) is 0 Å². The Morgan fingerprint density at radius 1 is 1.07 bits per heavy atom. The Labute approximate surface area is 164 Å². The van der Waals surface area contributed by atoms with Gasteiger partial charge in [-0.2, -0.15) is 0 Å². The third kappa shape index (κ3) is 6.82. The van der Waals surface area contributed by atoms with Crippen LogP contribution in [0.2, 0.25) is 0 Å². The third-order valence-corrected chi connectivity index (χ3v) is 4.73. The fraction of sp³-hybridized carbons (Fsp3) is 0.526. The van der Waals surface area contributed by atoms with Gasteiger partial charge in [-0.3, -0.25) is 24.2 Å². The van der Waals surface area contributed by atoms with Gasteiger partial charge in [0.1, 0.15) is 5.75 Å². The highest BCUT2D eigenvalue weighted by atomic mass is 16.4. The number of rotatable bonds is 8. The highest BCUT2D eigenvalue weighted by Gasteiger charge is 2.27. The molecule has 0 aromatic heterocycles. The molecule has 3 N–H and O–H groups in total. The van der Waals surface area contributed by atoms with E-state index in [0.717, 1.165) is 0 Å². The van der Waals surface area contributed by atoms with Crippen molar-refractivity contribution in [1.82, 2.24) is 14.7 Å². The first-order chi connectivity index (χ1) is 13.2. The topological polar surface area (TPSA) is 113 Å². The number of benzene rings is 1. The third-order valence-electron chi connectivity index (χ3n) is 4.73. The number of piperazine rings is 1. The summed E-state index contributed by atoms with van der Waals surface area (Å²) in [6.45, 7) is 3.33. The van der Waals surface area contributed by atoms with Crippen LogP contribution >= 0.6 is 0 Å². The number of carboxylic acids is 1. The van der Waals surface area contributed by atoms with Crippen molar-refractivity contribution in [3.8, 4) is 5.75 Å². The lowest BCUT2D eigenvalue weighted by Crippen LogP contribution is -2.50. The normalized spacial score (nSPS) is 16.4. The number of phenols is 1. The van der Waals surface area contributed by atoms with E-state index < -0.39 is 11.9 Å². The average molecular weight is 392 g/mol. The second-order valence-electron chi connectivity index (χ2n) is 7.20. The minimum absolute atomic E-state index is 0.0442. The summed E-state index contributed by atoms with van der Waals surface area (Å²) in [6, 6.07) is 6.00. The van der Waals surface area contributed by atoms with Crippen LogP contribution in [0.1, 0.15) is 6.42 Å². The fourth-order valence-corrected chi connectivity index (χ4v) is 2.98. The maximum atomic E-state index is 12.2. The van der Waals surface area contributed by atoms with Crippen LogP contribution in [-0.4, -0.2) is 96.1 Å². The van der Waals surface area contributed by atoms with Crippen molar-refractivity contribution in [3.63, 3.8) is 0 Å². The van der Waals surface area contributed by atoms with Gasteiger partial charge in [0.15, 0.2) is 0 Å². The summed E-state index contributed by atoms with van der Waals surface area (Å²) in [5.41, 5.74) is 0.506. The Bertz CT molecular complexity index is 684. The van der Waals surface area contributed by atoms with E-state index in [9.17, 15) is 24.6 Å². The molecule has 0 radical (unpaired) electrons. The van der Waals surface area contributed by atoms with Gasteiger partial charge in [-0.25, -0.2) is 0 Å². The molecule has 154 valence electrons. The molecule has 1 aliphatic heterocycles. The molecule has 0 bridgehead atoms. The molecule has 1 fully saturated rings. The SMILES string of the molecule is CN(C)C(=O)CN1CCN(C[C@H](CC(=O)Nc2ccc(O)cc2)C(=O)O)CC1. The molecule has 1 aliphatic rings. The van der Waals surface area contributed by atoms with E-state index in [1.54, 1.807) is 31.1 Å². The van der Waals surface area contributed by atoms with Crippen LogP contribution in [0.15, 0.2) is 24.3 Å². The molecule has 0 aliphatic carbocycles. The molecular weight excluding hydrogens is 364 g/mol. The second kappa shape index (κ2) is 10.0. The number of phenolic OH excluding ortho intramolecular Hbond substituents is 1. The van der Waals surface area contributed by atoms with Crippen LogP contribution < -0.4 is 5.32 Å². The summed E-state index contributed by atoms with van der Waals surface area (Å²) in [6.07, 6.45) is -0.129. The number of anilines is 1. The van der Waals surface area contributed by atoms with E-state index in [1.807, 2.05) is 9.80 Å². The largest absolute Gasteiger partial charge is 0.508 e. The van der Waals surface area contributed by atoms with E-state index in [-0.39, 0.29) is 30.5 Å². The van der Waals surface area contributed by atoms with Crippen molar-refractivity contribution < 1.29 is 24.6 Å². The molecule has 2 rings (SSSR count). The summed E-state index contributed by atoms with van der Waals surface area (Å²) in [5.74, 6) is -2.07. The molecule has 2 amide bonds. The van der Waals surface area contributed by atoms with E-state index in [0.29, 0.717) is 38.4 Å². The molecule has 9 nitrogen and oxygen atoms in total. The Morgan fingerprint density at radius 3 is 2.18 bits per heavy atom. The number of nitrogens with one attached hydrogen (secondary N) is 1. The van der Waals surface area contributed by atoms with Gasteiger partial charge in [-0.05, 0) is 24.3 Å². The van der Waals surface area contributed by atoms with E-state index in [2.05, 4.69) is 5.32 Å². The molecule has 1 atom stereocenters. The summed E-state index contributed by atoms with van der Waals surface area (Å²) in [5, 5.41) is 21.4. The number of aromatic hydroxyl groups is 1. The predicted octanol–water partition coefficient (Wildman–Crippen LogP) is 0.127. The summed E-state index contributed by atoms with van der Waals surface area (Å²) in [7, 11) is 3.44. The summed E-state index contributed by atoms with van der Waals surface area (Å²) in [4.78, 5) is 41.2. The molecule has 0 unspecified atom stereocenters. The van der Waals surface area contributed by atoms with Crippen molar-refractivity contribution >= 4 is 23.5 Å². The Hall–Kier alpha value is -2.65. The van der Waals surface area contributed by atoms with Crippen molar-refractivity contribution in [1.29, 1.82) is 0 Å². The first-order valence-corrected chi connectivity index (χ1v) is 9.21. The number of nitrogens with zero attached hydrogens (tertiary/aromatic N) is 3. The van der Waals surface area contributed by atoms with Crippen LogP contribution in [0.5, 0.6) is 5.75 Å². The minimum atomic E-state index is -1.01. The average Bonchev–Trinajstić information content (AvgIpc) is 2.64. The first-order valence-electron chi connectivity index (χ1n) is 9.21. The number of carboxylic acid groups (broad SMARTS) is 1. The molecule has 1 heterocycles. The maximum Gasteiger partial charge on any atom is 0.308 e. The predicted molar refractivity (Wildman–Crippen MR) is 104 cm³/mol. The number of hydrogen-bond acceptors (Lipinski definition) is 6. The second-order valence-corrected chi connectivity index (χ2v) is 7.20. The zero-order valence-electron chi connectivity index (χ0n) is 16.3. The molecule has 1 aromatic carbocycles. The zero-order valence-corrected chi connectivity index (χ0v) is 16.3. The van der Waals surface area contributed by atoms with Gasteiger partial charge >= 0.3 is 5.97 Å². The number of hydrogen-bond donors (Lipinski definition) is 3. The quantitative estimate of drug-likeness (QED) is 0.539. The van der Waals surface area contributed by atoms with E-state index >= 15 is 0 Å². The number of carbonyl (C=O) groups excluding carboxylic acids is 2. The van der Waals surface area contributed by atoms with E-state index in [4.69, 9.17) is 0 Å². The van der Waals surface area contributed by atoms with Gasteiger partial charge in [0.2, 0.25) is 11.8 Å². The van der Waals surface area contributed by atoms with Crippen LogP contribution in [0, 0.1) is 5.92 Å². The highest BCUT2D eigenvalue weighted by molar-refractivity contribution is 5.93. The van der Waals surface area contributed by atoms with Gasteiger partial charge in [0.05, 0.1) is 12.5 Å². The molecular formula is C19H28N4O5. The van der Waals surface area contributed by atoms with E-state index in [1.165, 1.54) is 12.1 Å². The monoisotopic (exact) mass is 392 g/mol. The summed E-state index contributed by atoms with van der Waals surface area (Å²) >= 11 is 0. The van der Waals surface area contributed by atoms with Crippen LogP contribution in [-0.2, 0) is 14.4 Å². The van der Waals surface area contributed by atoms with Crippen molar-refractivity contribution in [3.05, 3.63) is 24.3 Å². The Morgan fingerprint density at radius 2 is 1.64 bits per heavy atom.